The fraction of sp³-hybridized carbons (Fsp3) is 0.912. The number of rotatable bonds is 29. The molecule has 0 radical (unpaired) electrons. The molecule has 250 valence electrons. The fourth-order valence-electron chi connectivity index (χ4n) is 5.34. The Bertz CT molecular complexity index is 645. The molecule has 1 N–H and O–H groups in total. The van der Waals surface area contributed by atoms with E-state index < -0.39 is 23.9 Å². The monoisotopic (exact) mass is 618 g/mol. The van der Waals surface area contributed by atoms with Gasteiger partial charge >= 0.3 is 17.9 Å². The van der Waals surface area contributed by atoms with Crippen molar-refractivity contribution in [3.8, 4) is 0 Å². The Morgan fingerprint density at radius 3 is 1.33 bits per heavy atom. The molecule has 1 atom stereocenters. The van der Waals surface area contributed by atoms with Gasteiger partial charge in [0.05, 0.1) is 21.1 Å². The molecule has 0 saturated heterocycles. The molecule has 0 fully saturated rings. The number of likely N-dealkylation sites (N-methyl/N-ethyl adjacent to an activating group) is 1. The summed E-state index contributed by atoms with van der Waals surface area (Å²) < 4.78 is 5.64. The van der Waals surface area contributed by atoms with E-state index in [1.807, 2.05) is 21.1 Å². The third-order valence-electron chi connectivity index (χ3n) is 7.76. The van der Waals surface area contributed by atoms with E-state index in [2.05, 4.69) is 18.7 Å². The van der Waals surface area contributed by atoms with Gasteiger partial charge in [-0.05, 0) is 32.4 Å². The number of nitrogens with zero attached hydrogens (tertiary/aromatic N) is 2. The first-order valence-electron chi connectivity index (χ1n) is 17.1. The van der Waals surface area contributed by atoms with E-state index >= 15 is 0 Å². The van der Waals surface area contributed by atoms with Gasteiger partial charge in [0.2, 0.25) is 0 Å². The van der Waals surface area contributed by atoms with Crippen LogP contribution in [0.3, 0.4) is 0 Å². The summed E-state index contributed by atoms with van der Waals surface area (Å²) in [6.45, 7) is 6.05. The van der Waals surface area contributed by atoms with E-state index in [9.17, 15) is 19.5 Å². The summed E-state index contributed by atoms with van der Waals surface area (Å²) in [5, 5.41) is 9.35. The standard InChI is InChI=1S/C34H66N2O5.ClH/c1-6-8-10-12-14-16-18-20-22-24-28-35(29-25-23-21-19-17-15-13-11-9-7-2)31(26-27-32(37)38)34(40)41-33(39)30-36(3,4)5;/h31H,6-30H2,1-5H3;1H/t31-;/m1./s1. The summed E-state index contributed by atoms with van der Waals surface area (Å²) >= 11 is 0. The number of unbranched alkanes of at least 4 members (excludes halogenated alkanes) is 18. The number of carbonyl (C=O) groups is 3. The zero-order chi connectivity index (χ0) is 30.8. The number of carboxylic acid groups (broad SMARTS) is 1. The van der Waals surface area contributed by atoms with E-state index in [4.69, 9.17) is 4.74 Å². The Morgan fingerprint density at radius 1 is 0.643 bits per heavy atom. The summed E-state index contributed by atoms with van der Waals surface area (Å²) in [5.74, 6) is -2.08. The van der Waals surface area contributed by atoms with Crippen LogP contribution in [0.25, 0.3) is 0 Å². The lowest BCUT2D eigenvalue weighted by atomic mass is 10.0. The van der Waals surface area contributed by atoms with Gasteiger partial charge in [-0.15, -0.1) is 0 Å². The van der Waals surface area contributed by atoms with E-state index in [-0.39, 0.29) is 31.8 Å². The summed E-state index contributed by atoms with van der Waals surface area (Å²) in [4.78, 5) is 39.1. The number of ether oxygens (including phenoxy) is 1. The molecule has 0 aliphatic carbocycles. The lowest BCUT2D eigenvalue weighted by molar-refractivity contribution is -0.862. The molecule has 8 heteroatoms. The molecular weight excluding hydrogens is 552 g/mol. The molecule has 0 aromatic carbocycles. The number of esters is 2. The van der Waals surface area contributed by atoms with E-state index in [0.29, 0.717) is 4.48 Å². The van der Waals surface area contributed by atoms with E-state index in [0.717, 1.165) is 38.8 Å². The second-order valence-corrected chi connectivity index (χ2v) is 13.1. The van der Waals surface area contributed by atoms with Crippen LogP contribution in [0.2, 0.25) is 0 Å². The quantitative estimate of drug-likeness (QED) is 0.0541. The number of carbonyl (C=O) groups excluding carboxylic acids is 2. The molecule has 0 aliphatic rings. The van der Waals surface area contributed by atoms with E-state index in [1.165, 1.54) is 103 Å². The van der Waals surface area contributed by atoms with Gasteiger partial charge in [0.1, 0.15) is 6.04 Å². The van der Waals surface area contributed by atoms with Crippen LogP contribution >= 0.6 is 0 Å². The van der Waals surface area contributed by atoms with Crippen LogP contribution in [0.1, 0.15) is 155 Å². The molecule has 0 saturated carbocycles. The summed E-state index contributed by atoms with van der Waals surface area (Å²) in [6.07, 6.45) is 24.8. The van der Waals surface area contributed by atoms with Crippen molar-refractivity contribution in [1.29, 1.82) is 0 Å². The van der Waals surface area contributed by atoms with Crippen LogP contribution in [0.15, 0.2) is 0 Å². The van der Waals surface area contributed by atoms with Crippen LogP contribution in [-0.4, -0.2) is 79.2 Å². The highest BCUT2D eigenvalue weighted by molar-refractivity contribution is 5.89. The van der Waals surface area contributed by atoms with Crippen LogP contribution in [0, 0.1) is 0 Å². The topological polar surface area (TPSA) is 83.9 Å². The largest absolute Gasteiger partial charge is 1.00 e. The minimum Gasteiger partial charge on any atom is -1.00 e. The highest BCUT2D eigenvalue weighted by Gasteiger charge is 2.30. The molecule has 0 aromatic rings. The SMILES string of the molecule is CCCCCCCCCCCCN(CCCCCCCCCCCC)[C@H](CCC(=O)O)C(=O)OC(=O)C[N+](C)(C)C.[Cl-]. The third-order valence-corrected chi connectivity index (χ3v) is 7.76. The average molecular weight is 619 g/mol. The maximum atomic E-state index is 13.2. The molecule has 0 aromatic heterocycles. The number of aliphatic carboxylic acids is 1. The molecule has 7 nitrogen and oxygen atoms in total. The number of hydrogen-bond donors (Lipinski definition) is 1. The Kier molecular flexibility index (Phi) is 29.2. The average Bonchev–Trinajstić information content (AvgIpc) is 2.89. The number of halogens is 1. The predicted octanol–water partition coefficient (Wildman–Crippen LogP) is 5.14. The van der Waals surface area contributed by atoms with Crippen LogP contribution in [0.4, 0.5) is 0 Å². The summed E-state index contributed by atoms with van der Waals surface area (Å²) in [6, 6.07) is -0.695. The van der Waals surface area contributed by atoms with Gasteiger partial charge in [0.15, 0.2) is 6.54 Å². The van der Waals surface area contributed by atoms with Gasteiger partial charge in [0.25, 0.3) is 0 Å². The maximum absolute atomic E-state index is 13.2. The zero-order valence-electron chi connectivity index (χ0n) is 28.1. The van der Waals surface area contributed by atoms with Gasteiger partial charge in [0, 0.05) is 6.42 Å². The lowest BCUT2D eigenvalue weighted by Crippen LogP contribution is -3.00. The Morgan fingerprint density at radius 2 is 1.00 bits per heavy atom. The van der Waals surface area contributed by atoms with Gasteiger partial charge in [-0.25, -0.2) is 9.59 Å². The third kappa shape index (κ3) is 27.6. The number of hydrogen-bond acceptors (Lipinski definition) is 5. The molecule has 0 amide bonds. The normalized spacial score (nSPS) is 12.2. The Hall–Kier alpha value is -1.18. The highest BCUT2D eigenvalue weighted by atomic mass is 35.5. The smallest absolute Gasteiger partial charge is 0.369 e. The van der Waals surface area contributed by atoms with Crippen molar-refractivity contribution in [1.82, 2.24) is 4.90 Å². The first kappa shape index (κ1) is 43.0. The lowest BCUT2D eigenvalue weighted by Gasteiger charge is -2.30. The van der Waals surface area contributed by atoms with Crippen LogP contribution < -0.4 is 12.4 Å². The molecule has 0 aliphatic heterocycles. The van der Waals surface area contributed by atoms with Crippen molar-refractivity contribution in [2.75, 3.05) is 40.8 Å². The Balaban J connectivity index is 0. The van der Waals surface area contributed by atoms with E-state index in [1.54, 1.807) is 0 Å². The number of carboxylic acids is 1. The van der Waals surface area contributed by atoms with Crippen molar-refractivity contribution in [3.63, 3.8) is 0 Å². The molecular formula is C34H67ClN2O5. The van der Waals surface area contributed by atoms with Crippen molar-refractivity contribution >= 4 is 17.9 Å². The maximum Gasteiger partial charge on any atom is 0.369 e. The van der Waals surface area contributed by atoms with Crippen molar-refractivity contribution in [2.24, 2.45) is 0 Å². The molecule has 0 unspecified atom stereocenters. The van der Waals surface area contributed by atoms with Gasteiger partial charge in [-0.1, -0.05) is 129 Å². The number of quaternary nitrogens is 1. The second-order valence-electron chi connectivity index (χ2n) is 13.1. The first-order chi connectivity index (χ1) is 19.6. The summed E-state index contributed by atoms with van der Waals surface area (Å²) in [5.41, 5.74) is 0. The van der Waals surface area contributed by atoms with Crippen molar-refractivity contribution in [2.45, 2.75) is 161 Å². The van der Waals surface area contributed by atoms with Gasteiger partial charge in [-0.2, -0.15) is 0 Å². The van der Waals surface area contributed by atoms with Crippen molar-refractivity contribution in [3.05, 3.63) is 0 Å². The van der Waals surface area contributed by atoms with Gasteiger partial charge in [-0.3, -0.25) is 9.69 Å². The van der Waals surface area contributed by atoms with Crippen LogP contribution in [0.5, 0.6) is 0 Å². The van der Waals surface area contributed by atoms with Gasteiger partial charge < -0.3 is 26.7 Å². The molecule has 0 spiro atoms. The summed E-state index contributed by atoms with van der Waals surface area (Å²) in [7, 11) is 5.61. The zero-order valence-corrected chi connectivity index (χ0v) is 28.9. The molecule has 0 heterocycles. The first-order valence-corrected chi connectivity index (χ1v) is 17.1. The second kappa shape index (κ2) is 28.6. The fourth-order valence-corrected chi connectivity index (χ4v) is 5.34. The minimum absolute atomic E-state index is 0. The Labute approximate surface area is 265 Å². The molecule has 0 rings (SSSR count). The van der Waals surface area contributed by atoms with Crippen molar-refractivity contribution < 1.29 is 41.1 Å². The van der Waals surface area contributed by atoms with Crippen LogP contribution in [-0.2, 0) is 19.1 Å². The highest BCUT2D eigenvalue weighted by Crippen LogP contribution is 2.17. The molecule has 0 bridgehead atoms. The minimum atomic E-state index is -0.932. The molecule has 42 heavy (non-hydrogen) atoms. The predicted molar refractivity (Wildman–Crippen MR) is 170 cm³/mol.